The molecule has 0 saturated carbocycles. The number of aliphatic imine (C=N–C) groups is 1. The number of amides is 2. The van der Waals surface area contributed by atoms with Crippen molar-refractivity contribution in [1.82, 2.24) is 4.90 Å². The van der Waals surface area contributed by atoms with Crippen LogP contribution in [-0.2, 0) is 19.8 Å². The molecule has 2 N–H and O–H groups in total. The Labute approximate surface area is 375 Å². The predicted octanol–water partition coefficient (Wildman–Crippen LogP) is 13.4. The highest BCUT2D eigenvalue weighted by Crippen LogP contribution is 2.53. The van der Waals surface area contributed by atoms with Gasteiger partial charge in [0.15, 0.2) is 0 Å². The highest BCUT2D eigenvalue weighted by atomic mass is 16.3. The quantitative estimate of drug-likeness (QED) is 0.0890. The molecule has 2 aliphatic carbocycles. The van der Waals surface area contributed by atoms with E-state index < -0.39 is 0 Å². The van der Waals surface area contributed by atoms with E-state index in [1.807, 2.05) is 19.1 Å². The third-order valence-corrected chi connectivity index (χ3v) is 15.3. The number of ketones is 1. The van der Waals surface area contributed by atoms with Gasteiger partial charge in [0.05, 0.1) is 22.5 Å². The summed E-state index contributed by atoms with van der Waals surface area (Å²) in [4.78, 5) is 52.8. The fourth-order valence-corrected chi connectivity index (χ4v) is 10.2. The van der Waals surface area contributed by atoms with E-state index in [2.05, 4.69) is 103 Å². The summed E-state index contributed by atoms with van der Waals surface area (Å²) in [6.45, 7) is 28.2. The fraction of sp³-hybridized carbons (Fsp3) is 0.667. The van der Waals surface area contributed by atoms with Gasteiger partial charge < -0.3 is 20.2 Å². The maximum absolute atomic E-state index is 15.0. The van der Waals surface area contributed by atoms with E-state index in [1.165, 1.54) is 25.7 Å². The largest absolute Gasteiger partial charge is 0.506 e. The number of nitrogens with one attached hydrogen (secondary N) is 1. The van der Waals surface area contributed by atoms with Crippen molar-refractivity contribution < 1.29 is 19.5 Å². The zero-order chi connectivity index (χ0) is 45.5. The van der Waals surface area contributed by atoms with Crippen LogP contribution in [0.2, 0.25) is 0 Å². The van der Waals surface area contributed by atoms with Gasteiger partial charge in [-0.05, 0) is 87.8 Å². The SMILES string of the molecule is CCCCCCN1C2=CC(=NC(=O)C(CC)CCCC)/C(=C3\C(=O)C(c4cc5c(cc4NC(=O)C(CC)CCCC)N(CCCCCC)C(C)C5(C)C)=C3O)C=C2C(C)(C)C1C. The molecule has 5 rings (SSSR count). The van der Waals surface area contributed by atoms with Crippen LogP contribution < -0.4 is 10.2 Å². The van der Waals surface area contributed by atoms with Crippen LogP contribution in [-0.4, -0.2) is 58.5 Å². The molecule has 0 aromatic heterocycles. The molecule has 62 heavy (non-hydrogen) atoms. The number of Topliss-reactive ketones (excluding diaryl/α,β-unsaturated/α-hetero) is 1. The van der Waals surface area contributed by atoms with E-state index in [9.17, 15) is 19.5 Å². The third-order valence-electron chi connectivity index (χ3n) is 15.3. The molecule has 8 nitrogen and oxygen atoms in total. The Balaban J connectivity index is 1.70. The number of aliphatic hydroxyl groups excluding tert-OH is 1. The van der Waals surface area contributed by atoms with Gasteiger partial charge in [0, 0.05) is 70.4 Å². The summed E-state index contributed by atoms with van der Waals surface area (Å²) in [6.07, 6.45) is 20.1. The van der Waals surface area contributed by atoms with Crippen molar-refractivity contribution in [2.24, 2.45) is 22.2 Å². The second-order valence-electron chi connectivity index (χ2n) is 20.0. The van der Waals surface area contributed by atoms with Gasteiger partial charge in [0.1, 0.15) is 5.76 Å². The molecule has 2 amide bonds. The number of benzene rings is 1. The van der Waals surface area contributed by atoms with Crippen molar-refractivity contribution in [3.8, 4) is 0 Å². The summed E-state index contributed by atoms with van der Waals surface area (Å²) in [5, 5.41) is 15.7. The lowest BCUT2D eigenvalue weighted by atomic mass is 9.73. The van der Waals surface area contributed by atoms with Gasteiger partial charge in [-0.15, -0.1) is 0 Å². The lowest BCUT2D eigenvalue weighted by Crippen LogP contribution is -2.39. The average molecular weight is 851 g/mol. The van der Waals surface area contributed by atoms with Crippen molar-refractivity contribution in [2.75, 3.05) is 23.3 Å². The molecule has 0 radical (unpaired) electrons. The third kappa shape index (κ3) is 9.75. The predicted molar refractivity (Wildman–Crippen MR) is 260 cm³/mol. The maximum atomic E-state index is 15.0. The number of hydrogen-bond acceptors (Lipinski definition) is 6. The Hall–Kier alpha value is -3.94. The summed E-state index contributed by atoms with van der Waals surface area (Å²) in [5.41, 5.74) is 6.31. The molecule has 8 heteroatoms. The first-order valence-corrected chi connectivity index (χ1v) is 24.9. The highest BCUT2D eigenvalue weighted by molar-refractivity contribution is 6.42. The Bertz CT molecular complexity index is 1980. The minimum absolute atomic E-state index is 0.0552. The molecule has 1 aromatic rings. The molecular weight excluding hydrogens is 769 g/mol. The average Bonchev–Trinajstić information content (AvgIpc) is 3.54. The summed E-state index contributed by atoms with van der Waals surface area (Å²) < 4.78 is 0. The molecule has 4 aliphatic rings. The van der Waals surface area contributed by atoms with Crippen molar-refractivity contribution in [2.45, 2.75) is 203 Å². The monoisotopic (exact) mass is 851 g/mol. The summed E-state index contributed by atoms with van der Waals surface area (Å²) in [7, 11) is 0. The van der Waals surface area contributed by atoms with E-state index in [4.69, 9.17) is 4.99 Å². The molecule has 0 bridgehead atoms. The molecule has 2 heterocycles. The Morgan fingerprint density at radius 2 is 1.29 bits per heavy atom. The standard InChI is InChI=1S/C54H82N4O4/c1-13-19-23-25-29-57-35(7)53(9,10)41-31-39(43(33-45(41)57)55-51(61)37(17-5)27-21-15-3)47-49(59)48(50(47)60)40-32-42-46(34-44(40)56-52(62)38(18-6)28-22-16-4)58(30-26-24-20-14-2)36(8)54(42,11)12/h31-38,59H,13-30H2,1-12H3,(H,55,61)/b48-40-,56-44?. The Kier molecular flexibility index (Phi) is 16.8. The van der Waals surface area contributed by atoms with Gasteiger partial charge in [0.25, 0.3) is 0 Å². The number of carbonyl (C=O) groups is 3. The van der Waals surface area contributed by atoms with E-state index in [0.717, 1.165) is 106 Å². The van der Waals surface area contributed by atoms with Gasteiger partial charge in [0.2, 0.25) is 17.6 Å². The smallest absolute Gasteiger partial charge is 0.249 e. The summed E-state index contributed by atoms with van der Waals surface area (Å²) >= 11 is 0. The molecule has 1 fully saturated rings. The van der Waals surface area contributed by atoms with Crippen molar-refractivity contribution in [1.29, 1.82) is 0 Å². The molecule has 1 saturated heterocycles. The number of rotatable bonds is 22. The Morgan fingerprint density at radius 1 is 0.726 bits per heavy atom. The maximum Gasteiger partial charge on any atom is 0.249 e. The number of aliphatic hydroxyl groups is 1. The first-order chi connectivity index (χ1) is 29.5. The van der Waals surface area contributed by atoms with Gasteiger partial charge in [-0.1, -0.05) is 133 Å². The van der Waals surface area contributed by atoms with Crippen molar-refractivity contribution in [3.63, 3.8) is 0 Å². The van der Waals surface area contributed by atoms with Crippen LogP contribution in [0.5, 0.6) is 0 Å². The molecular formula is C54H82N4O4. The van der Waals surface area contributed by atoms with Crippen LogP contribution in [0.15, 0.2) is 57.5 Å². The van der Waals surface area contributed by atoms with Crippen LogP contribution in [0.3, 0.4) is 0 Å². The van der Waals surface area contributed by atoms with Crippen LogP contribution >= 0.6 is 0 Å². The zero-order valence-corrected chi connectivity index (χ0v) is 40.9. The van der Waals surface area contributed by atoms with Gasteiger partial charge in [-0.3, -0.25) is 14.4 Å². The minimum Gasteiger partial charge on any atom is -0.506 e. The van der Waals surface area contributed by atoms with Gasteiger partial charge in [-0.25, -0.2) is 4.99 Å². The summed E-state index contributed by atoms with van der Waals surface area (Å²) in [6, 6.07) is 4.52. The molecule has 0 spiro atoms. The summed E-state index contributed by atoms with van der Waals surface area (Å²) in [5.74, 6) is -1.000. The number of unbranched alkanes of at least 4 members (excludes halogenated alkanes) is 8. The van der Waals surface area contributed by atoms with Crippen molar-refractivity contribution in [3.05, 3.63) is 63.6 Å². The number of carbonyl (C=O) groups excluding carboxylic acids is 3. The first kappa shape index (κ1) is 49.1. The van der Waals surface area contributed by atoms with E-state index in [-0.39, 0.29) is 69.3 Å². The van der Waals surface area contributed by atoms with Crippen LogP contribution in [0.1, 0.15) is 197 Å². The lowest BCUT2D eigenvalue weighted by Gasteiger charge is -2.31. The van der Waals surface area contributed by atoms with Crippen LogP contribution in [0.4, 0.5) is 11.4 Å². The number of anilines is 2. The second-order valence-corrected chi connectivity index (χ2v) is 20.0. The molecule has 4 unspecified atom stereocenters. The zero-order valence-electron chi connectivity index (χ0n) is 40.9. The van der Waals surface area contributed by atoms with E-state index in [1.54, 1.807) is 0 Å². The highest BCUT2D eigenvalue weighted by Gasteiger charge is 2.49. The molecule has 4 atom stereocenters. The minimum atomic E-state index is -0.293. The molecule has 2 aliphatic heterocycles. The Morgan fingerprint density at radius 3 is 1.85 bits per heavy atom. The fourth-order valence-electron chi connectivity index (χ4n) is 10.2. The lowest BCUT2D eigenvalue weighted by molar-refractivity contribution is -0.122. The number of nitrogens with zero attached hydrogens (tertiary/aromatic N) is 3. The topological polar surface area (TPSA) is 102 Å². The van der Waals surface area contributed by atoms with Gasteiger partial charge in [-0.2, -0.15) is 0 Å². The van der Waals surface area contributed by atoms with Crippen molar-refractivity contribution >= 4 is 40.3 Å². The molecule has 342 valence electrons. The van der Waals surface area contributed by atoms with Gasteiger partial charge >= 0.3 is 0 Å². The number of fused-ring (bicyclic) bond motifs is 2. The molecule has 1 aromatic carbocycles. The van der Waals surface area contributed by atoms with E-state index >= 15 is 0 Å². The van der Waals surface area contributed by atoms with Crippen LogP contribution in [0.25, 0.3) is 5.57 Å². The number of allylic oxidation sites excluding steroid dienone is 6. The number of likely N-dealkylation sites (tertiary alicyclic amines) is 1. The second kappa shape index (κ2) is 21.2. The van der Waals surface area contributed by atoms with Crippen LogP contribution in [0, 0.1) is 17.3 Å². The number of hydrogen-bond donors (Lipinski definition) is 2. The van der Waals surface area contributed by atoms with E-state index in [0.29, 0.717) is 29.0 Å². The first-order valence-electron chi connectivity index (χ1n) is 24.9. The normalized spacial score (nSPS) is 23.0.